The van der Waals surface area contributed by atoms with Gasteiger partial charge in [0.1, 0.15) is 0 Å². The van der Waals surface area contributed by atoms with Gasteiger partial charge in [0, 0.05) is 32.4 Å². The molecule has 2 aromatic carbocycles. The molecule has 3 rings (SSSR count). The summed E-state index contributed by atoms with van der Waals surface area (Å²) in [6.45, 7) is 7.53. The Labute approximate surface area is 156 Å². The predicted octanol–water partition coefficient (Wildman–Crippen LogP) is 2.96. The maximum atomic E-state index is 12.8. The molecule has 0 N–H and O–H groups in total. The number of hydrogen-bond acceptors (Lipinski definition) is 4. The number of rotatable bonds is 5. The van der Waals surface area contributed by atoms with Crippen LogP contribution >= 0.6 is 0 Å². The van der Waals surface area contributed by atoms with Crippen molar-refractivity contribution in [3.05, 3.63) is 59.2 Å². The first-order chi connectivity index (χ1) is 12.4. The van der Waals surface area contributed by atoms with E-state index in [2.05, 4.69) is 17.0 Å². The summed E-state index contributed by atoms with van der Waals surface area (Å²) < 4.78 is 32.4. The maximum Gasteiger partial charge on any atom is 0.243 e. The maximum absolute atomic E-state index is 12.8. The second-order valence-electron chi connectivity index (χ2n) is 6.77. The van der Waals surface area contributed by atoms with Crippen molar-refractivity contribution in [2.75, 3.05) is 38.3 Å². The molecule has 0 aromatic heterocycles. The first kappa shape index (κ1) is 18.9. The number of sulfonamides is 1. The van der Waals surface area contributed by atoms with Crippen LogP contribution in [-0.2, 0) is 21.3 Å². The van der Waals surface area contributed by atoms with Gasteiger partial charge in [0.2, 0.25) is 10.0 Å². The number of morpholine rings is 1. The molecule has 6 heteroatoms. The van der Waals surface area contributed by atoms with Crippen LogP contribution in [-0.4, -0.2) is 46.1 Å². The molecular formula is C20H26N2O3S. The van der Waals surface area contributed by atoms with Crippen molar-refractivity contribution in [1.29, 1.82) is 0 Å². The third kappa shape index (κ3) is 4.09. The molecule has 0 aliphatic carbocycles. The average molecular weight is 375 g/mol. The fourth-order valence-electron chi connectivity index (χ4n) is 3.03. The van der Waals surface area contributed by atoms with Gasteiger partial charge in [-0.1, -0.05) is 18.2 Å². The molecule has 1 aliphatic heterocycles. The Bertz CT molecular complexity index is 857. The lowest BCUT2D eigenvalue weighted by atomic mass is 10.1. The van der Waals surface area contributed by atoms with E-state index < -0.39 is 10.0 Å². The van der Waals surface area contributed by atoms with Gasteiger partial charge in [-0.15, -0.1) is 0 Å². The number of anilines is 1. The van der Waals surface area contributed by atoms with Gasteiger partial charge in [0.25, 0.3) is 0 Å². The standard InChI is InChI=1S/C20H26N2O3S/c1-16-4-9-20(14-17(16)2)26(23,24)21(3)15-18-5-7-19(8-6-18)22-10-12-25-13-11-22/h4-9,14H,10-13,15H2,1-3H3. The molecule has 1 aliphatic rings. The molecule has 0 bridgehead atoms. The average Bonchev–Trinajstić information content (AvgIpc) is 2.65. The smallest absolute Gasteiger partial charge is 0.243 e. The van der Waals surface area contributed by atoms with E-state index in [0.29, 0.717) is 11.4 Å². The molecule has 0 saturated carbocycles. The Morgan fingerprint density at radius 2 is 1.65 bits per heavy atom. The minimum atomic E-state index is -3.50. The number of benzene rings is 2. The molecule has 5 nitrogen and oxygen atoms in total. The normalized spacial score (nSPS) is 15.5. The van der Waals surface area contributed by atoms with Crippen LogP contribution in [0.25, 0.3) is 0 Å². The molecular weight excluding hydrogens is 348 g/mol. The van der Waals surface area contributed by atoms with Crippen molar-refractivity contribution >= 4 is 15.7 Å². The topological polar surface area (TPSA) is 49.9 Å². The predicted molar refractivity (Wildman–Crippen MR) is 104 cm³/mol. The second kappa shape index (κ2) is 7.78. The summed E-state index contributed by atoms with van der Waals surface area (Å²) in [6.07, 6.45) is 0. The van der Waals surface area contributed by atoms with E-state index in [9.17, 15) is 8.42 Å². The summed E-state index contributed by atoms with van der Waals surface area (Å²) in [4.78, 5) is 2.62. The second-order valence-corrected chi connectivity index (χ2v) is 8.82. The lowest BCUT2D eigenvalue weighted by Crippen LogP contribution is -2.36. The van der Waals surface area contributed by atoms with Crippen molar-refractivity contribution in [3.63, 3.8) is 0 Å². The summed E-state index contributed by atoms with van der Waals surface area (Å²) >= 11 is 0. The summed E-state index contributed by atoms with van der Waals surface area (Å²) in [6, 6.07) is 13.4. The zero-order valence-corrected chi connectivity index (χ0v) is 16.4. The number of aryl methyl sites for hydroxylation is 2. The molecule has 0 amide bonds. The largest absolute Gasteiger partial charge is 0.378 e. The highest BCUT2D eigenvalue weighted by Crippen LogP contribution is 2.21. The minimum absolute atomic E-state index is 0.341. The van der Waals surface area contributed by atoms with Gasteiger partial charge in [0.05, 0.1) is 18.1 Å². The van der Waals surface area contributed by atoms with Crippen LogP contribution in [0.15, 0.2) is 47.4 Å². The highest BCUT2D eigenvalue weighted by molar-refractivity contribution is 7.89. The molecule has 1 heterocycles. The van der Waals surface area contributed by atoms with E-state index in [4.69, 9.17) is 4.74 Å². The van der Waals surface area contributed by atoms with Crippen LogP contribution < -0.4 is 4.90 Å². The van der Waals surface area contributed by atoms with E-state index in [0.717, 1.165) is 48.7 Å². The molecule has 0 spiro atoms. The Balaban J connectivity index is 1.72. The van der Waals surface area contributed by atoms with E-state index in [-0.39, 0.29) is 0 Å². The molecule has 26 heavy (non-hydrogen) atoms. The van der Waals surface area contributed by atoms with Gasteiger partial charge in [-0.25, -0.2) is 8.42 Å². The Morgan fingerprint density at radius 1 is 1.00 bits per heavy atom. The Hall–Kier alpha value is -1.89. The van der Waals surface area contributed by atoms with Gasteiger partial charge < -0.3 is 9.64 Å². The molecule has 0 radical (unpaired) electrons. The van der Waals surface area contributed by atoms with Crippen LogP contribution in [0.5, 0.6) is 0 Å². The molecule has 2 aromatic rings. The summed E-state index contributed by atoms with van der Waals surface area (Å²) in [5, 5.41) is 0. The summed E-state index contributed by atoms with van der Waals surface area (Å²) in [7, 11) is -1.88. The third-order valence-corrected chi connectivity index (χ3v) is 6.70. The fraction of sp³-hybridized carbons (Fsp3) is 0.400. The third-order valence-electron chi connectivity index (χ3n) is 4.90. The van der Waals surface area contributed by atoms with E-state index in [1.54, 1.807) is 19.2 Å². The highest BCUT2D eigenvalue weighted by Gasteiger charge is 2.21. The van der Waals surface area contributed by atoms with Crippen LogP contribution in [0.2, 0.25) is 0 Å². The van der Waals surface area contributed by atoms with Crippen molar-refractivity contribution in [1.82, 2.24) is 4.31 Å². The first-order valence-electron chi connectivity index (χ1n) is 8.83. The van der Waals surface area contributed by atoms with Gasteiger partial charge in [0.15, 0.2) is 0 Å². The quantitative estimate of drug-likeness (QED) is 0.807. The molecule has 140 valence electrons. The van der Waals surface area contributed by atoms with E-state index >= 15 is 0 Å². The fourth-order valence-corrected chi connectivity index (χ4v) is 4.27. The summed E-state index contributed by atoms with van der Waals surface area (Å²) in [5.74, 6) is 0. The number of hydrogen-bond donors (Lipinski definition) is 0. The van der Waals surface area contributed by atoms with Gasteiger partial charge >= 0.3 is 0 Å². The lowest BCUT2D eigenvalue weighted by Gasteiger charge is -2.29. The summed E-state index contributed by atoms with van der Waals surface area (Å²) in [5.41, 5.74) is 4.19. The van der Waals surface area contributed by atoms with Crippen LogP contribution in [0, 0.1) is 13.8 Å². The molecule has 1 saturated heterocycles. The molecule has 1 fully saturated rings. The number of ether oxygens (including phenoxy) is 1. The Kier molecular flexibility index (Phi) is 5.65. The van der Waals surface area contributed by atoms with Gasteiger partial charge in [-0.3, -0.25) is 0 Å². The van der Waals surface area contributed by atoms with Crippen LogP contribution in [0.3, 0.4) is 0 Å². The van der Waals surface area contributed by atoms with Gasteiger partial charge in [-0.05, 0) is 54.8 Å². The van der Waals surface area contributed by atoms with Crippen LogP contribution in [0.4, 0.5) is 5.69 Å². The SMILES string of the molecule is Cc1ccc(S(=O)(=O)N(C)Cc2ccc(N3CCOCC3)cc2)cc1C. The Morgan fingerprint density at radius 3 is 2.27 bits per heavy atom. The van der Waals surface area contributed by atoms with Crippen LogP contribution in [0.1, 0.15) is 16.7 Å². The lowest BCUT2D eigenvalue weighted by molar-refractivity contribution is 0.122. The van der Waals surface area contributed by atoms with Crippen molar-refractivity contribution in [2.24, 2.45) is 0 Å². The highest BCUT2D eigenvalue weighted by atomic mass is 32.2. The zero-order chi connectivity index (χ0) is 18.7. The molecule has 0 atom stereocenters. The van der Waals surface area contributed by atoms with Gasteiger partial charge in [-0.2, -0.15) is 4.31 Å². The van der Waals surface area contributed by atoms with E-state index in [1.807, 2.05) is 32.0 Å². The van der Waals surface area contributed by atoms with Crippen molar-refractivity contribution in [3.8, 4) is 0 Å². The van der Waals surface area contributed by atoms with E-state index in [1.165, 1.54) is 4.31 Å². The first-order valence-corrected chi connectivity index (χ1v) is 10.3. The number of nitrogens with zero attached hydrogens (tertiary/aromatic N) is 2. The molecule has 0 unspecified atom stereocenters. The zero-order valence-electron chi connectivity index (χ0n) is 15.6. The van der Waals surface area contributed by atoms with Crippen molar-refractivity contribution in [2.45, 2.75) is 25.3 Å². The monoisotopic (exact) mass is 374 g/mol. The van der Waals surface area contributed by atoms with Crippen molar-refractivity contribution < 1.29 is 13.2 Å². The minimum Gasteiger partial charge on any atom is -0.378 e.